The van der Waals surface area contributed by atoms with Gasteiger partial charge in [-0.25, -0.2) is 4.79 Å². The smallest absolute Gasteiger partial charge is 0.336 e. The molecule has 4 rings (SSSR count). The van der Waals surface area contributed by atoms with Crippen molar-refractivity contribution in [1.29, 1.82) is 0 Å². The van der Waals surface area contributed by atoms with Crippen LogP contribution in [0.3, 0.4) is 0 Å². The number of fused-ring (bicyclic) bond motifs is 5. The number of aryl methyl sites for hydroxylation is 2. The van der Waals surface area contributed by atoms with Crippen molar-refractivity contribution in [2.24, 2.45) is 0 Å². The monoisotopic (exact) mass is 240 g/mol. The highest BCUT2D eigenvalue weighted by molar-refractivity contribution is 6.04. The third kappa shape index (κ3) is 1.27. The summed E-state index contributed by atoms with van der Waals surface area (Å²) in [5, 5.41) is 1.95. The molecular weight excluding hydrogens is 228 g/mol. The van der Waals surface area contributed by atoms with E-state index in [1.54, 1.807) is 0 Å². The van der Waals surface area contributed by atoms with Gasteiger partial charge in [0.1, 0.15) is 16.9 Å². The SMILES string of the molecule is O=c1ccc2ccc3oc4c(c3c2o1)CCCC4. The summed E-state index contributed by atoms with van der Waals surface area (Å²) >= 11 is 0. The van der Waals surface area contributed by atoms with Gasteiger partial charge in [-0.1, -0.05) is 0 Å². The minimum Gasteiger partial charge on any atom is -0.461 e. The Labute approximate surface area is 103 Å². The van der Waals surface area contributed by atoms with E-state index >= 15 is 0 Å². The zero-order valence-electron chi connectivity index (χ0n) is 9.86. The molecule has 1 aliphatic carbocycles. The Morgan fingerprint density at radius 2 is 1.78 bits per heavy atom. The fourth-order valence-electron chi connectivity index (χ4n) is 2.87. The molecule has 90 valence electrons. The summed E-state index contributed by atoms with van der Waals surface area (Å²) in [4.78, 5) is 11.4. The Balaban J connectivity index is 2.22. The molecule has 3 nitrogen and oxygen atoms in total. The summed E-state index contributed by atoms with van der Waals surface area (Å²) in [6, 6.07) is 7.18. The quantitative estimate of drug-likeness (QED) is 0.565. The summed E-state index contributed by atoms with van der Waals surface area (Å²) in [7, 11) is 0. The lowest BCUT2D eigenvalue weighted by Crippen LogP contribution is -1.99. The molecule has 0 N–H and O–H groups in total. The largest absolute Gasteiger partial charge is 0.461 e. The van der Waals surface area contributed by atoms with Gasteiger partial charge in [-0.05, 0) is 37.5 Å². The molecule has 0 aliphatic heterocycles. The third-order valence-electron chi connectivity index (χ3n) is 3.70. The van der Waals surface area contributed by atoms with E-state index in [1.165, 1.54) is 24.5 Å². The van der Waals surface area contributed by atoms with Gasteiger partial charge in [-0.15, -0.1) is 0 Å². The van der Waals surface area contributed by atoms with E-state index in [4.69, 9.17) is 8.83 Å². The maximum Gasteiger partial charge on any atom is 0.336 e. The van der Waals surface area contributed by atoms with Crippen LogP contribution in [-0.4, -0.2) is 0 Å². The van der Waals surface area contributed by atoms with E-state index in [0.29, 0.717) is 5.58 Å². The molecule has 1 aliphatic rings. The molecule has 18 heavy (non-hydrogen) atoms. The van der Waals surface area contributed by atoms with E-state index in [9.17, 15) is 4.79 Å². The maximum absolute atomic E-state index is 11.4. The highest BCUT2D eigenvalue weighted by atomic mass is 16.4. The first-order valence-electron chi connectivity index (χ1n) is 6.30. The number of hydrogen-bond donors (Lipinski definition) is 0. The Bertz CT molecular complexity index is 808. The molecule has 0 radical (unpaired) electrons. The van der Waals surface area contributed by atoms with Gasteiger partial charge >= 0.3 is 5.63 Å². The van der Waals surface area contributed by atoms with Crippen LogP contribution in [0.4, 0.5) is 0 Å². The Hall–Kier alpha value is -2.03. The number of benzene rings is 1. The highest BCUT2D eigenvalue weighted by Crippen LogP contribution is 2.35. The van der Waals surface area contributed by atoms with Crippen molar-refractivity contribution in [2.45, 2.75) is 25.7 Å². The third-order valence-corrected chi connectivity index (χ3v) is 3.70. The van der Waals surface area contributed by atoms with Gasteiger partial charge < -0.3 is 8.83 Å². The molecule has 2 heterocycles. The lowest BCUT2D eigenvalue weighted by atomic mass is 9.95. The molecule has 2 aromatic heterocycles. The van der Waals surface area contributed by atoms with E-state index < -0.39 is 0 Å². The predicted octanol–water partition coefficient (Wildman–Crippen LogP) is 3.42. The van der Waals surface area contributed by atoms with E-state index in [2.05, 4.69) is 0 Å². The first kappa shape index (κ1) is 9.95. The molecule has 3 heteroatoms. The standard InChI is InChI=1S/C15H12O3/c16-13-8-6-9-5-7-12-14(15(9)18-13)10-3-1-2-4-11(10)17-12/h5-8H,1-4H2. The Kier molecular flexibility index (Phi) is 1.92. The fraction of sp³-hybridized carbons (Fsp3) is 0.267. The topological polar surface area (TPSA) is 43.4 Å². The Morgan fingerprint density at radius 3 is 2.72 bits per heavy atom. The molecule has 0 bridgehead atoms. The molecule has 0 spiro atoms. The van der Waals surface area contributed by atoms with Crippen LogP contribution in [0.1, 0.15) is 24.2 Å². The lowest BCUT2D eigenvalue weighted by molar-refractivity contribution is 0.506. The van der Waals surface area contributed by atoms with Crippen molar-refractivity contribution in [1.82, 2.24) is 0 Å². The average molecular weight is 240 g/mol. The van der Waals surface area contributed by atoms with Crippen LogP contribution in [0.25, 0.3) is 21.9 Å². The van der Waals surface area contributed by atoms with Crippen LogP contribution in [0.5, 0.6) is 0 Å². The summed E-state index contributed by atoms with van der Waals surface area (Å²) < 4.78 is 11.3. The normalized spacial score (nSPS) is 15.1. The summed E-state index contributed by atoms with van der Waals surface area (Å²) in [6.07, 6.45) is 4.35. The van der Waals surface area contributed by atoms with Crippen LogP contribution >= 0.6 is 0 Å². The van der Waals surface area contributed by atoms with Crippen molar-refractivity contribution < 1.29 is 8.83 Å². The molecule has 0 unspecified atom stereocenters. The Morgan fingerprint density at radius 1 is 0.944 bits per heavy atom. The van der Waals surface area contributed by atoms with Crippen molar-refractivity contribution in [3.05, 3.63) is 46.0 Å². The van der Waals surface area contributed by atoms with Gasteiger partial charge in [0.05, 0.1) is 5.39 Å². The first-order chi connectivity index (χ1) is 8.83. The molecular formula is C15H12O3. The van der Waals surface area contributed by atoms with Gasteiger partial charge in [0.25, 0.3) is 0 Å². The predicted molar refractivity (Wildman–Crippen MR) is 68.9 cm³/mol. The zero-order chi connectivity index (χ0) is 12.1. The minimum atomic E-state index is -0.305. The molecule has 0 saturated carbocycles. The van der Waals surface area contributed by atoms with Gasteiger partial charge in [-0.2, -0.15) is 0 Å². The average Bonchev–Trinajstić information content (AvgIpc) is 2.77. The summed E-state index contributed by atoms with van der Waals surface area (Å²) in [5.41, 5.74) is 2.44. The van der Waals surface area contributed by atoms with Crippen molar-refractivity contribution in [3.8, 4) is 0 Å². The van der Waals surface area contributed by atoms with Crippen LogP contribution in [-0.2, 0) is 12.8 Å². The van der Waals surface area contributed by atoms with Gasteiger partial charge in [0, 0.05) is 23.4 Å². The molecule has 1 aromatic carbocycles. The second-order valence-electron chi connectivity index (χ2n) is 4.82. The van der Waals surface area contributed by atoms with Gasteiger partial charge in [0.2, 0.25) is 0 Å². The number of hydrogen-bond acceptors (Lipinski definition) is 3. The minimum absolute atomic E-state index is 0.305. The van der Waals surface area contributed by atoms with Crippen molar-refractivity contribution >= 4 is 21.9 Å². The fourth-order valence-corrected chi connectivity index (χ4v) is 2.87. The molecule has 0 saturated heterocycles. The summed E-state index contributed by atoms with van der Waals surface area (Å²) in [5.74, 6) is 1.07. The van der Waals surface area contributed by atoms with E-state index in [1.807, 2.05) is 18.2 Å². The molecule has 3 aromatic rings. The van der Waals surface area contributed by atoms with Crippen molar-refractivity contribution in [2.75, 3.05) is 0 Å². The second-order valence-corrected chi connectivity index (χ2v) is 4.82. The molecule has 0 fully saturated rings. The first-order valence-corrected chi connectivity index (χ1v) is 6.30. The van der Waals surface area contributed by atoms with Crippen LogP contribution in [0.15, 0.2) is 37.9 Å². The molecule has 0 atom stereocenters. The zero-order valence-corrected chi connectivity index (χ0v) is 9.86. The van der Waals surface area contributed by atoms with Crippen LogP contribution in [0, 0.1) is 0 Å². The van der Waals surface area contributed by atoms with E-state index in [-0.39, 0.29) is 5.63 Å². The van der Waals surface area contributed by atoms with Crippen molar-refractivity contribution in [3.63, 3.8) is 0 Å². The lowest BCUT2D eigenvalue weighted by Gasteiger charge is -2.08. The van der Waals surface area contributed by atoms with Crippen LogP contribution < -0.4 is 5.63 Å². The van der Waals surface area contributed by atoms with E-state index in [0.717, 1.165) is 35.0 Å². The number of rotatable bonds is 0. The maximum atomic E-state index is 11.4. The second kappa shape index (κ2) is 3.48. The van der Waals surface area contributed by atoms with Gasteiger partial charge in [0.15, 0.2) is 0 Å². The number of furan rings is 1. The summed E-state index contributed by atoms with van der Waals surface area (Å²) in [6.45, 7) is 0. The van der Waals surface area contributed by atoms with Gasteiger partial charge in [-0.3, -0.25) is 0 Å². The van der Waals surface area contributed by atoms with Crippen LogP contribution in [0.2, 0.25) is 0 Å². The molecule has 0 amide bonds. The highest BCUT2D eigenvalue weighted by Gasteiger charge is 2.20.